The zero-order chi connectivity index (χ0) is 11.9. The van der Waals surface area contributed by atoms with Gasteiger partial charge in [-0.05, 0) is 17.7 Å². The summed E-state index contributed by atoms with van der Waals surface area (Å²) in [6.45, 7) is 6.38. The molecule has 0 bridgehead atoms. The van der Waals surface area contributed by atoms with Gasteiger partial charge in [-0.1, -0.05) is 36.4 Å². The number of rotatable bonds is 6. The fraction of sp³-hybridized carbons (Fsp3) is 0.200. The molecule has 0 atom stereocenters. The van der Waals surface area contributed by atoms with Gasteiger partial charge in [0.2, 0.25) is 0 Å². The lowest BCUT2D eigenvalue weighted by Gasteiger charge is -2.19. The van der Waals surface area contributed by atoms with Gasteiger partial charge in [0.25, 0.3) is 0 Å². The van der Waals surface area contributed by atoms with Crippen LogP contribution in [0.5, 0.6) is 0 Å². The Morgan fingerprint density at radius 1 is 1.06 bits per heavy atom. The standard InChI is InChI=1S/C15H17NO/c1-2-10-16(13-15-9-6-11-17-15)12-14-7-4-3-5-8-14/h2-9,11H,1,10,12-13H2. The molecule has 0 unspecified atom stereocenters. The summed E-state index contributed by atoms with van der Waals surface area (Å²) >= 11 is 0. The van der Waals surface area contributed by atoms with Gasteiger partial charge in [-0.3, -0.25) is 4.90 Å². The van der Waals surface area contributed by atoms with Crippen molar-refractivity contribution >= 4 is 0 Å². The van der Waals surface area contributed by atoms with E-state index in [-0.39, 0.29) is 0 Å². The number of hydrogen-bond donors (Lipinski definition) is 0. The molecule has 0 fully saturated rings. The van der Waals surface area contributed by atoms with Gasteiger partial charge >= 0.3 is 0 Å². The van der Waals surface area contributed by atoms with Gasteiger partial charge in [0.1, 0.15) is 5.76 Å². The van der Waals surface area contributed by atoms with Crippen LogP contribution in [0.4, 0.5) is 0 Å². The average Bonchev–Trinajstić information content (AvgIpc) is 2.83. The van der Waals surface area contributed by atoms with Crippen molar-refractivity contribution < 1.29 is 4.42 Å². The molecule has 0 radical (unpaired) electrons. The van der Waals surface area contributed by atoms with E-state index in [0.29, 0.717) is 0 Å². The third-order valence-electron chi connectivity index (χ3n) is 2.60. The molecule has 0 saturated carbocycles. The maximum Gasteiger partial charge on any atom is 0.117 e. The van der Waals surface area contributed by atoms with Crippen LogP contribution in [0.2, 0.25) is 0 Å². The summed E-state index contributed by atoms with van der Waals surface area (Å²) in [6.07, 6.45) is 3.63. The Labute approximate surface area is 102 Å². The van der Waals surface area contributed by atoms with E-state index in [2.05, 4.69) is 35.7 Å². The second-order valence-electron chi connectivity index (χ2n) is 4.02. The first kappa shape index (κ1) is 11.7. The van der Waals surface area contributed by atoms with E-state index in [0.717, 1.165) is 25.4 Å². The third-order valence-corrected chi connectivity index (χ3v) is 2.60. The molecule has 1 aromatic heterocycles. The second kappa shape index (κ2) is 6.06. The van der Waals surface area contributed by atoms with Crippen LogP contribution in [0.1, 0.15) is 11.3 Å². The highest BCUT2D eigenvalue weighted by atomic mass is 16.3. The lowest BCUT2D eigenvalue weighted by molar-refractivity contribution is 0.260. The van der Waals surface area contributed by atoms with Crippen molar-refractivity contribution in [2.45, 2.75) is 13.1 Å². The molecule has 2 nitrogen and oxygen atoms in total. The van der Waals surface area contributed by atoms with Crippen molar-refractivity contribution in [3.05, 3.63) is 72.7 Å². The molecule has 2 heteroatoms. The molecule has 0 spiro atoms. The van der Waals surface area contributed by atoms with Crippen LogP contribution >= 0.6 is 0 Å². The van der Waals surface area contributed by atoms with Crippen molar-refractivity contribution in [2.75, 3.05) is 6.54 Å². The summed E-state index contributed by atoms with van der Waals surface area (Å²) in [5, 5.41) is 0. The lowest BCUT2D eigenvalue weighted by atomic mass is 10.2. The minimum Gasteiger partial charge on any atom is -0.468 e. The van der Waals surface area contributed by atoms with Gasteiger partial charge in [-0.2, -0.15) is 0 Å². The second-order valence-corrected chi connectivity index (χ2v) is 4.02. The average molecular weight is 227 g/mol. The first-order valence-corrected chi connectivity index (χ1v) is 5.78. The predicted molar refractivity (Wildman–Crippen MR) is 69.5 cm³/mol. The Morgan fingerprint density at radius 3 is 2.53 bits per heavy atom. The molecular weight excluding hydrogens is 210 g/mol. The van der Waals surface area contributed by atoms with E-state index in [1.54, 1.807) is 6.26 Å². The molecule has 88 valence electrons. The van der Waals surface area contributed by atoms with Crippen molar-refractivity contribution in [1.29, 1.82) is 0 Å². The van der Waals surface area contributed by atoms with E-state index in [9.17, 15) is 0 Å². The van der Waals surface area contributed by atoms with Crippen molar-refractivity contribution in [3.8, 4) is 0 Å². The summed E-state index contributed by atoms with van der Waals surface area (Å²) in [4.78, 5) is 2.29. The summed E-state index contributed by atoms with van der Waals surface area (Å²) in [5.41, 5.74) is 1.31. The maximum atomic E-state index is 5.37. The highest BCUT2D eigenvalue weighted by Gasteiger charge is 2.06. The van der Waals surface area contributed by atoms with Crippen molar-refractivity contribution in [1.82, 2.24) is 4.90 Å². The maximum absolute atomic E-state index is 5.37. The van der Waals surface area contributed by atoms with Gasteiger partial charge in [0, 0.05) is 13.1 Å². The molecule has 0 aliphatic heterocycles. The van der Waals surface area contributed by atoms with Crippen LogP contribution in [0.15, 0.2) is 65.8 Å². The Hall–Kier alpha value is -1.80. The number of nitrogens with zero attached hydrogens (tertiary/aromatic N) is 1. The van der Waals surface area contributed by atoms with E-state index >= 15 is 0 Å². The van der Waals surface area contributed by atoms with Crippen LogP contribution in [-0.4, -0.2) is 11.4 Å². The molecule has 0 aliphatic rings. The van der Waals surface area contributed by atoms with Crippen molar-refractivity contribution in [2.24, 2.45) is 0 Å². The molecule has 2 rings (SSSR count). The van der Waals surface area contributed by atoms with Crippen LogP contribution in [-0.2, 0) is 13.1 Å². The topological polar surface area (TPSA) is 16.4 Å². The third kappa shape index (κ3) is 3.61. The van der Waals surface area contributed by atoms with Crippen LogP contribution in [0, 0.1) is 0 Å². The van der Waals surface area contributed by atoms with Gasteiger partial charge in [-0.25, -0.2) is 0 Å². The first-order chi connectivity index (χ1) is 8.38. The van der Waals surface area contributed by atoms with E-state index in [1.807, 2.05) is 24.3 Å². The number of hydrogen-bond acceptors (Lipinski definition) is 2. The van der Waals surface area contributed by atoms with Gasteiger partial charge < -0.3 is 4.42 Å². The minimum atomic E-state index is 0.813. The minimum absolute atomic E-state index is 0.813. The Bertz CT molecular complexity index is 433. The normalized spacial score (nSPS) is 10.6. The molecule has 0 amide bonds. The Balaban J connectivity index is 2.00. The predicted octanol–water partition coefficient (Wildman–Crippen LogP) is 3.47. The van der Waals surface area contributed by atoms with Gasteiger partial charge in [-0.15, -0.1) is 6.58 Å². The monoisotopic (exact) mass is 227 g/mol. The molecular formula is C15H17NO. The van der Waals surface area contributed by atoms with Crippen LogP contribution in [0.25, 0.3) is 0 Å². The summed E-state index contributed by atoms with van der Waals surface area (Å²) in [5.74, 6) is 0.989. The van der Waals surface area contributed by atoms with E-state index in [4.69, 9.17) is 4.42 Å². The highest BCUT2D eigenvalue weighted by molar-refractivity contribution is 5.14. The zero-order valence-corrected chi connectivity index (χ0v) is 9.88. The molecule has 17 heavy (non-hydrogen) atoms. The smallest absolute Gasteiger partial charge is 0.117 e. The first-order valence-electron chi connectivity index (χ1n) is 5.78. The summed E-state index contributed by atoms with van der Waals surface area (Å²) in [6, 6.07) is 14.4. The molecule has 1 aromatic carbocycles. The Morgan fingerprint density at radius 2 is 1.88 bits per heavy atom. The molecule has 1 heterocycles. The van der Waals surface area contributed by atoms with Gasteiger partial charge in [0.05, 0.1) is 12.8 Å². The molecule has 0 saturated heterocycles. The molecule has 0 N–H and O–H groups in total. The van der Waals surface area contributed by atoms with Gasteiger partial charge in [0.15, 0.2) is 0 Å². The Kier molecular flexibility index (Phi) is 4.17. The van der Waals surface area contributed by atoms with Crippen LogP contribution in [0.3, 0.4) is 0 Å². The SMILES string of the molecule is C=CCN(Cc1ccccc1)Cc1ccco1. The van der Waals surface area contributed by atoms with E-state index < -0.39 is 0 Å². The fourth-order valence-electron chi connectivity index (χ4n) is 1.83. The van der Waals surface area contributed by atoms with Crippen LogP contribution < -0.4 is 0 Å². The number of benzene rings is 1. The molecule has 2 aromatic rings. The summed E-state index contributed by atoms with van der Waals surface area (Å²) in [7, 11) is 0. The zero-order valence-electron chi connectivity index (χ0n) is 9.88. The molecule has 0 aliphatic carbocycles. The highest BCUT2D eigenvalue weighted by Crippen LogP contribution is 2.10. The van der Waals surface area contributed by atoms with Crippen molar-refractivity contribution in [3.63, 3.8) is 0 Å². The summed E-state index contributed by atoms with van der Waals surface area (Å²) < 4.78 is 5.37. The van der Waals surface area contributed by atoms with E-state index in [1.165, 1.54) is 5.56 Å². The fourth-order valence-corrected chi connectivity index (χ4v) is 1.83. The largest absolute Gasteiger partial charge is 0.468 e. The quantitative estimate of drug-likeness (QED) is 0.703. The number of furan rings is 1. The lowest BCUT2D eigenvalue weighted by Crippen LogP contribution is -2.22.